The number of halogens is 1. The van der Waals surface area contributed by atoms with Crippen molar-refractivity contribution in [3.63, 3.8) is 0 Å². The van der Waals surface area contributed by atoms with E-state index in [2.05, 4.69) is 26.0 Å². The van der Waals surface area contributed by atoms with Gasteiger partial charge in [0.25, 0.3) is 0 Å². The summed E-state index contributed by atoms with van der Waals surface area (Å²) >= 11 is 3.20. The van der Waals surface area contributed by atoms with Gasteiger partial charge in [-0.1, -0.05) is 6.92 Å². The van der Waals surface area contributed by atoms with Gasteiger partial charge < -0.3 is 11.1 Å². The van der Waals surface area contributed by atoms with E-state index in [9.17, 15) is 13.2 Å². The Kier molecular flexibility index (Phi) is 6.63. The van der Waals surface area contributed by atoms with E-state index in [1.54, 1.807) is 6.07 Å². The largest absolute Gasteiger partial charge is 0.398 e. The molecule has 1 aromatic rings. The lowest BCUT2D eigenvalue weighted by Crippen LogP contribution is -2.35. The van der Waals surface area contributed by atoms with E-state index in [0.29, 0.717) is 10.2 Å². The smallest absolute Gasteiger partial charge is 0.240 e. The van der Waals surface area contributed by atoms with E-state index < -0.39 is 10.0 Å². The summed E-state index contributed by atoms with van der Waals surface area (Å²) in [7, 11) is -3.66. The van der Waals surface area contributed by atoms with Crippen LogP contribution in [0, 0.1) is 0 Å². The van der Waals surface area contributed by atoms with Crippen LogP contribution in [0.25, 0.3) is 0 Å². The molecule has 0 aliphatic heterocycles. The molecule has 118 valence electrons. The zero-order valence-corrected chi connectivity index (χ0v) is 14.4. The Balaban J connectivity index is 2.57. The van der Waals surface area contributed by atoms with Crippen LogP contribution in [0.5, 0.6) is 0 Å². The maximum atomic E-state index is 12.0. The van der Waals surface area contributed by atoms with Crippen LogP contribution in [-0.4, -0.2) is 26.9 Å². The molecule has 0 bridgehead atoms. The minimum atomic E-state index is -3.66. The van der Waals surface area contributed by atoms with Crippen molar-refractivity contribution >= 4 is 37.5 Å². The van der Waals surface area contributed by atoms with Gasteiger partial charge in [-0.25, -0.2) is 13.1 Å². The van der Waals surface area contributed by atoms with Crippen molar-refractivity contribution in [3.05, 3.63) is 22.7 Å². The zero-order valence-electron chi connectivity index (χ0n) is 12.0. The second-order valence-corrected chi connectivity index (χ2v) is 7.33. The van der Waals surface area contributed by atoms with Crippen molar-refractivity contribution in [2.75, 3.05) is 12.3 Å². The average molecular weight is 378 g/mol. The molecule has 8 heteroatoms. The summed E-state index contributed by atoms with van der Waals surface area (Å²) in [5.41, 5.74) is 6.00. The van der Waals surface area contributed by atoms with Crippen molar-refractivity contribution in [1.29, 1.82) is 0 Å². The SMILES string of the molecule is CCC(C)NC(=O)CCNS(=O)(=O)c1ccc(Br)c(N)c1. The summed E-state index contributed by atoms with van der Waals surface area (Å²) in [6.07, 6.45) is 0.922. The van der Waals surface area contributed by atoms with Gasteiger partial charge in [0.05, 0.1) is 4.90 Å². The monoisotopic (exact) mass is 377 g/mol. The lowest BCUT2D eigenvalue weighted by atomic mass is 10.2. The molecule has 0 saturated heterocycles. The maximum Gasteiger partial charge on any atom is 0.240 e. The van der Waals surface area contributed by atoms with E-state index in [1.165, 1.54) is 12.1 Å². The summed E-state index contributed by atoms with van der Waals surface area (Å²) in [6, 6.07) is 4.47. The topological polar surface area (TPSA) is 101 Å². The molecule has 0 heterocycles. The maximum absolute atomic E-state index is 12.0. The number of sulfonamides is 1. The molecular weight excluding hydrogens is 358 g/mol. The van der Waals surface area contributed by atoms with Gasteiger partial charge >= 0.3 is 0 Å². The first-order valence-corrected chi connectivity index (χ1v) is 8.88. The Bertz CT molecular complexity index is 605. The zero-order chi connectivity index (χ0) is 16.0. The lowest BCUT2D eigenvalue weighted by molar-refractivity contribution is -0.121. The molecule has 0 radical (unpaired) electrons. The van der Waals surface area contributed by atoms with E-state index in [4.69, 9.17) is 5.73 Å². The number of anilines is 1. The number of amides is 1. The van der Waals surface area contributed by atoms with Gasteiger partial charge in [0.2, 0.25) is 15.9 Å². The molecule has 0 aliphatic rings. The number of hydrogen-bond donors (Lipinski definition) is 3. The Morgan fingerprint density at radius 1 is 1.43 bits per heavy atom. The number of nitrogen functional groups attached to an aromatic ring is 1. The third-order valence-corrected chi connectivity index (χ3v) is 5.12. The van der Waals surface area contributed by atoms with Crippen molar-refractivity contribution < 1.29 is 13.2 Å². The summed E-state index contributed by atoms with van der Waals surface area (Å²) in [5.74, 6) is -0.178. The van der Waals surface area contributed by atoms with Crippen molar-refractivity contribution in [2.45, 2.75) is 37.6 Å². The van der Waals surface area contributed by atoms with Gasteiger partial charge in [-0.3, -0.25) is 4.79 Å². The summed E-state index contributed by atoms with van der Waals surface area (Å²) in [6.45, 7) is 3.90. The fourth-order valence-corrected chi connectivity index (χ4v) is 2.83. The minimum Gasteiger partial charge on any atom is -0.398 e. The van der Waals surface area contributed by atoms with Crippen molar-refractivity contribution in [3.8, 4) is 0 Å². The van der Waals surface area contributed by atoms with Crippen LogP contribution in [0.4, 0.5) is 5.69 Å². The summed E-state index contributed by atoms with van der Waals surface area (Å²) in [4.78, 5) is 11.6. The molecule has 4 N–H and O–H groups in total. The summed E-state index contributed by atoms with van der Waals surface area (Å²) < 4.78 is 27.1. The Morgan fingerprint density at radius 3 is 2.67 bits per heavy atom. The number of nitrogens with two attached hydrogens (primary N) is 1. The molecule has 0 saturated carbocycles. The standard InChI is InChI=1S/C13H20BrN3O3S/c1-3-9(2)17-13(18)6-7-16-21(19,20)10-4-5-11(14)12(15)8-10/h4-5,8-9,16H,3,6-7,15H2,1-2H3,(H,17,18). The van der Waals surface area contributed by atoms with Crippen molar-refractivity contribution in [1.82, 2.24) is 10.0 Å². The fraction of sp³-hybridized carbons (Fsp3) is 0.462. The van der Waals surface area contributed by atoms with Crippen LogP contribution in [0.15, 0.2) is 27.6 Å². The van der Waals surface area contributed by atoms with E-state index in [0.717, 1.165) is 6.42 Å². The number of carbonyl (C=O) groups excluding carboxylic acids is 1. The highest BCUT2D eigenvalue weighted by molar-refractivity contribution is 9.10. The Morgan fingerprint density at radius 2 is 2.10 bits per heavy atom. The molecule has 1 rings (SSSR count). The first kappa shape index (κ1) is 17.9. The second kappa shape index (κ2) is 7.77. The molecule has 1 atom stereocenters. The molecule has 0 fully saturated rings. The highest BCUT2D eigenvalue weighted by atomic mass is 79.9. The van der Waals surface area contributed by atoms with Gasteiger partial charge in [-0.15, -0.1) is 0 Å². The molecule has 1 amide bonds. The first-order chi connectivity index (χ1) is 9.76. The van der Waals surface area contributed by atoms with Gasteiger partial charge in [0.15, 0.2) is 0 Å². The van der Waals surface area contributed by atoms with Crippen LogP contribution in [0.2, 0.25) is 0 Å². The third-order valence-electron chi connectivity index (χ3n) is 2.94. The van der Waals surface area contributed by atoms with Gasteiger partial charge in [0.1, 0.15) is 0 Å². The fourth-order valence-electron chi connectivity index (χ4n) is 1.52. The number of benzene rings is 1. The van der Waals surface area contributed by atoms with E-state index in [-0.39, 0.29) is 29.8 Å². The predicted octanol–water partition coefficient (Wildman–Crippen LogP) is 1.61. The van der Waals surface area contributed by atoms with Gasteiger partial charge in [-0.2, -0.15) is 0 Å². The third kappa shape index (κ3) is 5.64. The summed E-state index contributed by atoms with van der Waals surface area (Å²) in [5, 5.41) is 2.77. The second-order valence-electron chi connectivity index (χ2n) is 4.71. The normalized spacial score (nSPS) is 12.9. The van der Waals surface area contributed by atoms with Crippen LogP contribution in [-0.2, 0) is 14.8 Å². The molecule has 1 unspecified atom stereocenters. The van der Waals surface area contributed by atoms with Crippen LogP contribution in [0.3, 0.4) is 0 Å². The molecule has 0 aromatic heterocycles. The Hall–Kier alpha value is -1.12. The van der Waals surface area contributed by atoms with E-state index in [1.807, 2.05) is 13.8 Å². The lowest BCUT2D eigenvalue weighted by Gasteiger charge is -2.12. The first-order valence-electron chi connectivity index (χ1n) is 6.60. The van der Waals surface area contributed by atoms with Crippen molar-refractivity contribution in [2.24, 2.45) is 0 Å². The highest BCUT2D eigenvalue weighted by Gasteiger charge is 2.15. The van der Waals surface area contributed by atoms with Gasteiger partial charge in [-0.05, 0) is 47.5 Å². The molecular formula is C13H20BrN3O3S. The molecule has 21 heavy (non-hydrogen) atoms. The van der Waals surface area contributed by atoms with Crippen LogP contribution < -0.4 is 15.8 Å². The quantitative estimate of drug-likeness (QED) is 0.628. The van der Waals surface area contributed by atoms with E-state index >= 15 is 0 Å². The highest BCUT2D eigenvalue weighted by Crippen LogP contribution is 2.22. The Labute approximate surface area is 133 Å². The molecule has 1 aromatic carbocycles. The minimum absolute atomic E-state index is 0.0422. The predicted molar refractivity (Wildman–Crippen MR) is 86.3 cm³/mol. The molecule has 6 nitrogen and oxygen atoms in total. The average Bonchev–Trinajstić information content (AvgIpc) is 2.41. The molecule has 0 aliphatic carbocycles. The number of hydrogen-bond acceptors (Lipinski definition) is 4. The van der Waals surface area contributed by atoms with Crippen LogP contribution in [0.1, 0.15) is 26.7 Å². The number of rotatable bonds is 7. The van der Waals surface area contributed by atoms with Crippen LogP contribution >= 0.6 is 15.9 Å². The molecule has 0 spiro atoms. The van der Waals surface area contributed by atoms with Gasteiger partial charge in [0, 0.05) is 29.2 Å². The number of carbonyl (C=O) groups is 1. The number of nitrogens with one attached hydrogen (secondary N) is 2.